The monoisotopic (exact) mass is 1460 g/mol. The molecular weight excluding hydrogens is 1370 g/mol. The molecule has 9 aromatic carbocycles. The lowest BCUT2D eigenvalue weighted by molar-refractivity contribution is 0.478. The Morgan fingerprint density at radius 2 is 0.541 bits per heavy atom. The number of aryl methyl sites for hydroxylation is 18. The van der Waals surface area contributed by atoms with E-state index in [1.165, 1.54) is 161 Å². The molecule has 12 aromatic heterocycles. The molecular formula is C99H96N6O6. The van der Waals surface area contributed by atoms with E-state index in [2.05, 4.69) is 285 Å². The van der Waals surface area contributed by atoms with Crippen molar-refractivity contribution >= 4 is 132 Å². The van der Waals surface area contributed by atoms with Gasteiger partial charge in [-0.2, -0.15) is 0 Å². The van der Waals surface area contributed by atoms with E-state index in [1.54, 1.807) is 0 Å². The van der Waals surface area contributed by atoms with Crippen LogP contribution in [0.4, 0.5) is 0 Å². The summed E-state index contributed by atoms with van der Waals surface area (Å²) >= 11 is 0. The highest BCUT2D eigenvalue weighted by molar-refractivity contribution is 6.13. The molecule has 0 amide bonds. The highest BCUT2D eigenvalue weighted by atomic mass is 16.5. The molecule has 558 valence electrons. The van der Waals surface area contributed by atoms with Crippen molar-refractivity contribution in [3.63, 3.8) is 0 Å². The van der Waals surface area contributed by atoms with Gasteiger partial charge in [0.2, 0.25) is 0 Å². The second-order valence-corrected chi connectivity index (χ2v) is 30.3. The largest absolute Gasteiger partial charge is 0.457 e. The lowest BCUT2D eigenvalue weighted by Gasteiger charge is -2.15. The van der Waals surface area contributed by atoms with Crippen molar-refractivity contribution < 1.29 is 26.5 Å². The van der Waals surface area contributed by atoms with E-state index >= 15 is 0 Å². The maximum Gasteiger partial charge on any atom is 0.298 e. The molecule has 12 heterocycles. The Hall–Kier alpha value is -12.5. The number of fused-ring (bicyclic) bond motifs is 18. The maximum atomic E-state index is 5.71. The summed E-state index contributed by atoms with van der Waals surface area (Å²) in [6.07, 6.45) is 0. The number of nitrogens with zero attached hydrogens (tertiary/aromatic N) is 6. The third-order valence-electron chi connectivity index (χ3n) is 23.8. The van der Waals surface area contributed by atoms with Crippen LogP contribution in [0.2, 0.25) is 0 Å². The molecule has 12 heteroatoms. The normalized spacial score (nSPS) is 11.6. The molecule has 12 nitrogen and oxygen atoms in total. The van der Waals surface area contributed by atoms with Crippen LogP contribution in [0, 0.1) is 125 Å². The molecule has 0 N–H and O–H groups in total. The predicted octanol–water partition coefficient (Wildman–Crippen LogP) is 27.5. The average molecular weight is 1470 g/mol. The van der Waals surface area contributed by atoms with Gasteiger partial charge in [-0.15, -0.1) is 0 Å². The van der Waals surface area contributed by atoms with Crippen LogP contribution in [0.5, 0.6) is 0 Å². The van der Waals surface area contributed by atoms with Crippen LogP contribution < -0.4 is 0 Å². The minimum atomic E-state index is 0.640. The van der Waals surface area contributed by atoms with Crippen LogP contribution in [0.3, 0.4) is 0 Å². The molecule has 0 spiro atoms. The highest BCUT2D eigenvalue weighted by Crippen LogP contribution is 2.43. The zero-order chi connectivity index (χ0) is 78.0. The van der Waals surface area contributed by atoms with Gasteiger partial charge < -0.3 is 53.9 Å². The Morgan fingerprint density at radius 3 is 0.955 bits per heavy atom. The van der Waals surface area contributed by atoms with Crippen molar-refractivity contribution in [1.82, 2.24) is 27.4 Å². The zero-order valence-corrected chi connectivity index (χ0v) is 67.7. The summed E-state index contributed by atoms with van der Waals surface area (Å²) in [5, 5.41) is 9.51. The zero-order valence-electron chi connectivity index (χ0n) is 67.7. The van der Waals surface area contributed by atoms with Crippen LogP contribution in [-0.2, 0) is 21.1 Å². The third kappa shape index (κ3) is 11.7. The molecule has 0 bridgehead atoms. The first-order valence-electron chi connectivity index (χ1n) is 38.3. The van der Waals surface area contributed by atoms with Crippen LogP contribution >= 0.6 is 0 Å². The van der Waals surface area contributed by atoms with Gasteiger partial charge in [0.05, 0.1) is 82.9 Å². The molecule has 0 radical (unpaired) electrons. The number of hydrogen-bond donors (Lipinski definition) is 0. The molecule has 0 aliphatic carbocycles. The van der Waals surface area contributed by atoms with Crippen molar-refractivity contribution in [3.05, 3.63) is 301 Å². The van der Waals surface area contributed by atoms with Crippen LogP contribution in [-0.4, -0.2) is 27.4 Å². The number of furan rings is 6. The first-order chi connectivity index (χ1) is 53.4. The number of benzene rings is 9. The number of hydrogen-bond acceptors (Lipinski definition) is 6. The van der Waals surface area contributed by atoms with Crippen LogP contribution in [0.1, 0.15) is 101 Å². The van der Waals surface area contributed by atoms with Crippen LogP contribution in [0.15, 0.2) is 227 Å². The Labute approximate surface area is 646 Å². The van der Waals surface area contributed by atoms with Gasteiger partial charge >= 0.3 is 0 Å². The molecule has 0 unspecified atom stereocenters. The minimum absolute atomic E-state index is 0.640. The summed E-state index contributed by atoms with van der Waals surface area (Å²) < 4.78 is 47.9. The fourth-order valence-corrected chi connectivity index (χ4v) is 17.2. The summed E-state index contributed by atoms with van der Waals surface area (Å²) in [5.41, 5.74) is 39.6. The SMILES string of the molecule is Cc1cccc(C)c1-n1c(C)c(C)c2c1c1ccccc1n2C.Cc1cccc(C)c1-n1c2ccccc2c2c1c(C)c(C)n2C.Cc1cccc(C)c1-n1c2ccccc2c2c1c(C)c(C)n2C.Cc1oc2c(oc3ccccc32)c1C.Cc1oc2oc3ccccc3c2c1C.Cc1oc2oc3ccccc3c2c1C. The smallest absolute Gasteiger partial charge is 0.298 e. The number of rotatable bonds is 3. The molecule has 21 rings (SSSR count). The summed E-state index contributed by atoms with van der Waals surface area (Å²) in [4.78, 5) is 0. The molecule has 111 heavy (non-hydrogen) atoms. The van der Waals surface area contributed by atoms with E-state index in [1.807, 2.05) is 88.4 Å². The first-order valence-corrected chi connectivity index (χ1v) is 38.3. The standard InChI is InChI=1S/3C21H22N2.3C12H10O2/c1-13-9-8-10-14(2)19(13)23-16(4)15(3)20-21(23)17-11-6-7-12-18(17)22(20)5;2*1-13-9-8-10-14(2)19(13)23-18-12-7-6-11-17(18)21-20(23)15(3)16(4)22(21)5;1-7-8(2)13-12-9-5-3-4-6-10(9)14-11(7)12;2*1-7-8(2)13-12-11(7)9-5-3-4-6-10(9)14-12/h3*6-12H,1-5H3;3*3-6H,1-2H3. The van der Waals surface area contributed by atoms with Gasteiger partial charge in [-0.3, -0.25) is 0 Å². The van der Waals surface area contributed by atoms with Gasteiger partial charge in [0.25, 0.3) is 11.6 Å². The van der Waals surface area contributed by atoms with Gasteiger partial charge in [0.15, 0.2) is 11.2 Å². The lowest BCUT2D eigenvalue weighted by atomic mass is 10.1. The molecule has 0 fully saturated rings. The number of para-hydroxylation sites is 9. The van der Waals surface area contributed by atoms with Gasteiger partial charge in [-0.05, 0) is 217 Å². The maximum absolute atomic E-state index is 5.71. The average Bonchev–Trinajstić information content (AvgIpc) is 1.57. The molecule has 0 aliphatic heterocycles. The summed E-state index contributed by atoms with van der Waals surface area (Å²) in [6.45, 7) is 38.6. The lowest BCUT2D eigenvalue weighted by Crippen LogP contribution is -2.02. The van der Waals surface area contributed by atoms with Crippen molar-refractivity contribution in [2.75, 3.05) is 0 Å². The van der Waals surface area contributed by atoms with E-state index in [0.29, 0.717) is 11.6 Å². The van der Waals surface area contributed by atoms with Gasteiger partial charge in [-0.25, -0.2) is 0 Å². The topological polar surface area (TPSA) is 108 Å². The molecule has 0 saturated heterocycles. The minimum Gasteiger partial charge on any atom is -0.457 e. The third-order valence-corrected chi connectivity index (χ3v) is 23.8. The molecule has 0 aliphatic rings. The fourth-order valence-electron chi connectivity index (χ4n) is 17.2. The molecule has 0 saturated carbocycles. The van der Waals surface area contributed by atoms with Crippen molar-refractivity contribution in [2.45, 2.75) is 125 Å². The Bertz CT molecular complexity index is 6860. The predicted molar refractivity (Wildman–Crippen MR) is 462 cm³/mol. The van der Waals surface area contributed by atoms with E-state index in [9.17, 15) is 0 Å². The van der Waals surface area contributed by atoms with Gasteiger partial charge in [0, 0.05) is 81.8 Å². The van der Waals surface area contributed by atoms with E-state index in [-0.39, 0.29) is 0 Å². The van der Waals surface area contributed by atoms with E-state index in [0.717, 1.165) is 77.7 Å². The Morgan fingerprint density at radius 1 is 0.216 bits per heavy atom. The van der Waals surface area contributed by atoms with Crippen LogP contribution in [0.25, 0.3) is 149 Å². The quantitative estimate of drug-likeness (QED) is 0.174. The van der Waals surface area contributed by atoms with E-state index < -0.39 is 0 Å². The first kappa shape index (κ1) is 72.6. The van der Waals surface area contributed by atoms with Crippen molar-refractivity contribution in [3.8, 4) is 17.1 Å². The number of aromatic nitrogens is 6. The molecule has 21 aromatic rings. The Kier molecular flexibility index (Phi) is 18.4. The molecule has 0 atom stereocenters. The summed E-state index contributed by atoms with van der Waals surface area (Å²) in [6, 6.07) is 69.7. The Balaban J connectivity index is 0.000000102. The van der Waals surface area contributed by atoms with Crippen molar-refractivity contribution in [2.24, 2.45) is 21.1 Å². The second-order valence-electron chi connectivity index (χ2n) is 30.3. The van der Waals surface area contributed by atoms with Crippen molar-refractivity contribution in [1.29, 1.82) is 0 Å². The van der Waals surface area contributed by atoms with Gasteiger partial charge in [0.1, 0.15) is 34.0 Å². The van der Waals surface area contributed by atoms with Gasteiger partial charge in [-0.1, -0.05) is 158 Å². The summed E-state index contributed by atoms with van der Waals surface area (Å²) in [5.74, 6) is 4.08. The second kappa shape index (κ2) is 28.2. The fraction of sp³-hybridized carbons (Fsp3) is 0.212. The summed E-state index contributed by atoms with van der Waals surface area (Å²) in [7, 11) is 6.52. The van der Waals surface area contributed by atoms with E-state index in [4.69, 9.17) is 26.5 Å². The highest BCUT2D eigenvalue weighted by Gasteiger charge is 2.26.